The maximum Gasteiger partial charge on any atom is 0.142 e. The van der Waals surface area contributed by atoms with Gasteiger partial charge in [0, 0.05) is 21.0 Å². The fourth-order valence-corrected chi connectivity index (χ4v) is 3.01. The highest BCUT2D eigenvalue weighted by Gasteiger charge is 2.17. The lowest BCUT2D eigenvalue weighted by atomic mass is 9.98. The van der Waals surface area contributed by atoms with Crippen LogP contribution < -0.4 is 10.1 Å². The van der Waals surface area contributed by atoms with E-state index >= 15 is 0 Å². The average Bonchev–Trinajstić information content (AvgIpc) is 2.85. The number of hydrogen-bond acceptors (Lipinski definition) is 4. The van der Waals surface area contributed by atoms with Crippen LogP contribution in [-0.2, 0) is 12.0 Å². The molecule has 0 spiro atoms. The van der Waals surface area contributed by atoms with Gasteiger partial charge in [-0.2, -0.15) is 0 Å². The summed E-state index contributed by atoms with van der Waals surface area (Å²) in [5, 5.41) is 4.56. The first-order valence-corrected chi connectivity index (χ1v) is 8.03. The molecular formula is C15H19BrN2OS. The van der Waals surface area contributed by atoms with Gasteiger partial charge in [0.25, 0.3) is 0 Å². The number of benzene rings is 1. The zero-order valence-electron chi connectivity index (χ0n) is 12.2. The van der Waals surface area contributed by atoms with Crippen LogP contribution in [0.2, 0.25) is 0 Å². The molecular weight excluding hydrogens is 336 g/mol. The van der Waals surface area contributed by atoms with Crippen LogP contribution in [0.1, 0.15) is 30.7 Å². The number of aromatic nitrogens is 1. The number of nitrogens with zero attached hydrogens (tertiary/aromatic N) is 1. The van der Waals surface area contributed by atoms with Gasteiger partial charge in [0.05, 0.1) is 24.3 Å². The number of methoxy groups -OCH3 is 1. The summed E-state index contributed by atoms with van der Waals surface area (Å²) in [7, 11) is 1.68. The van der Waals surface area contributed by atoms with Crippen molar-refractivity contribution in [1.29, 1.82) is 0 Å². The summed E-state index contributed by atoms with van der Waals surface area (Å²) in [6, 6.07) is 5.93. The molecule has 0 amide bonds. The van der Waals surface area contributed by atoms with Crippen molar-refractivity contribution in [2.24, 2.45) is 0 Å². The van der Waals surface area contributed by atoms with Gasteiger partial charge in [-0.05, 0) is 18.2 Å². The summed E-state index contributed by atoms with van der Waals surface area (Å²) in [5.41, 5.74) is 1.09. The third-order valence-corrected chi connectivity index (χ3v) is 4.73. The highest BCUT2D eigenvalue weighted by molar-refractivity contribution is 9.10. The molecule has 2 aromatic rings. The lowest BCUT2D eigenvalue weighted by Crippen LogP contribution is -2.09. The van der Waals surface area contributed by atoms with Crippen LogP contribution >= 0.6 is 27.3 Å². The molecule has 1 aromatic carbocycles. The van der Waals surface area contributed by atoms with Gasteiger partial charge in [-0.3, -0.25) is 0 Å². The molecule has 5 heteroatoms. The molecule has 1 heterocycles. The van der Waals surface area contributed by atoms with Gasteiger partial charge in [0.2, 0.25) is 0 Å². The summed E-state index contributed by atoms with van der Waals surface area (Å²) in [6.45, 7) is 7.29. The van der Waals surface area contributed by atoms with E-state index < -0.39 is 0 Å². The van der Waals surface area contributed by atoms with Crippen molar-refractivity contribution in [3.05, 3.63) is 38.8 Å². The summed E-state index contributed by atoms with van der Waals surface area (Å²) in [5.74, 6) is 0.841. The largest absolute Gasteiger partial charge is 0.495 e. The number of rotatable bonds is 4. The molecule has 0 atom stereocenters. The van der Waals surface area contributed by atoms with Gasteiger partial charge in [0.1, 0.15) is 5.75 Å². The van der Waals surface area contributed by atoms with Gasteiger partial charge in [-0.25, -0.2) is 4.98 Å². The molecule has 0 unspecified atom stereocenters. The zero-order valence-corrected chi connectivity index (χ0v) is 14.6. The maximum atomic E-state index is 5.35. The van der Waals surface area contributed by atoms with Crippen molar-refractivity contribution in [1.82, 2.24) is 4.98 Å². The Balaban J connectivity index is 2.09. The molecule has 0 saturated heterocycles. The Labute approximate surface area is 132 Å². The molecule has 0 aliphatic rings. The molecule has 0 aliphatic carbocycles. The Kier molecular flexibility index (Phi) is 4.70. The molecule has 2 rings (SSSR count). The molecule has 1 aromatic heterocycles. The molecule has 108 valence electrons. The normalized spacial score (nSPS) is 11.4. The number of ether oxygens (including phenoxy) is 1. The first-order chi connectivity index (χ1) is 9.40. The van der Waals surface area contributed by atoms with Crippen LogP contribution in [0.25, 0.3) is 0 Å². The predicted octanol–water partition coefficient (Wildman–Crippen LogP) is 4.82. The van der Waals surface area contributed by atoms with Gasteiger partial charge < -0.3 is 10.1 Å². The highest BCUT2D eigenvalue weighted by Crippen LogP contribution is 2.30. The van der Waals surface area contributed by atoms with E-state index in [9.17, 15) is 0 Å². The standard InChI is InChI=1S/C15H19BrN2OS/c1-15(2,3)14-18-9-11(20-14)8-17-12-7-10(16)5-6-13(12)19-4/h5-7,9,17H,8H2,1-4H3. The minimum Gasteiger partial charge on any atom is -0.495 e. The number of nitrogens with one attached hydrogen (secondary N) is 1. The molecule has 1 N–H and O–H groups in total. The van der Waals surface area contributed by atoms with E-state index in [1.54, 1.807) is 18.4 Å². The average molecular weight is 355 g/mol. The van der Waals surface area contributed by atoms with E-state index in [1.807, 2.05) is 24.4 Å². The molecule has 20 heavy (non-hydrogen) atoms. The summed E-state index contributed by atoms with van der Waals surface area (Å²) in [6.07, 6.45) is 1.95. The quantitative estimate of drug-likeness (QED) is 0.854. The van der Waals surface area contributed by atoms with E-state index in [1.165, 1.54) is 4.88 Å². The van der Waals surface area contributed by atoms with Crippen molar-refractivity contribution in [3.63, 3.8) is 0 Å². The van der Waals surface area contributed by atoms with E-state index in [4.69, 9.17) is 4.74 Å². The van der Waals surface area contributed by atoms with Crippen molar-refractivity contribution in [3.8, 4) is 5.75 Å². The molecule has 0 saturated carbocycles. The number of anilines is 1. The fourth-order valence-electron chi connectivity index (χ4n) is 1.74. The van der Waals surface area contributed by atoms with Crippen LogP contribution in [-0.4, -0.2) is 12.1 Å². The van der Waals surface area contributed by atoms with Crippen molar-refractivity contribution in [2.45, 2.75) is 32.7 Å². The van der Waals surface area contributed by atoms with Crippen LogP contribution in [0.3, 0.4) is 0 Å². The van der Waals surface area contributed by atoms with E-state index in [-0.39, 0.29) is 5.41 Å². The SMILES string of the molecule is COc1ccc(Br)cc1NCc1cnc(C(C)(C)C)s1. The van der Waals surface area contributed by atoms with Crippen LogP contribution in [0, 0.1) is 0 Å². The monoisotopic (exact) mass is 354 g/mol. The molecule has 0 aliphatic heterocycles. The Morgan fingerprint density at radius 1 is 1.35 bits per heavy atom. The Morgan fingerprint density at radius 2 is 2.10 bits per heavy atom. The van der Waals surface area contributed by atoms with Crippen molar-refractivity contribution in [2.75, 3.05) is 12.4 Å². The molecule has 0 fully saturated rings. The summed E-state index contributed by atoms with van der Waals surface area (Å²) in [4.78, 5) is 5.72. The minimum atomic E-state index is 0.108. The molecule has 0 radical (unpaired) electrons. The topological polar surface area (TPSA) is 34.1 Å². The van der Waals surface area contributed by atoms with E-state index in [0.29, 0.717) is 0 Å². The first kappa shape index (κ1) is 15.3. The predicted molar refractivity (Wildman–Crippen MR) is 88.8 cm³/mol. The van der Waals surface area contributed by atoms with Gasteiger partial charge in [-0.15, -0.1) is 11.3 Å². The Hall–Kier alpha value is -1.07. The van der Waals surface area contributed by atoms with Crippen LogP contribution in [0.5, 0.6) is 5.75 Å². The van der Waals surface area contributed by atoms with E-state index in [2.05, 4.69) is 47.0 Å². The maximum absolute atomic E-state index is 5.35. The lowest BCUT2D eigenvalue weighted by molar-refractivity contribution is 0.416. The smallest absolute Gasteiger partial charge is 0.142 e. The highest BCUT2D eigenvalue weighted by atomic mass is 79.9. The molecule has 3 nitrogen and oxygen atoms in total. The van der Waals surface area contributed by atoms with Crippen molar-refractivity contribution < 1.29 is 4.74 Å². The zero-order chi connectivity index (χ0) is 14.8. The number of thiazole rings is 1. The third kappa shape index (κ3) is 3.73. The van der Waals surface area contributed by atoms with Crippen LogP contribution in [0.15, 0.2) is 28.9 Å². The van der Waals surface area contributed by atoms with Crippen molar-refractivity contribution >= 4 is 33.0 Å². The first-order valence-electron chi connectivity index (χ1n) is 6.43. The second-order valence-electron chi connectivity index (χ2n) is 5.58. The Bertz CT molecular complexity index is 590. The number of hydrogen-bond donors (Lipinski definition) is 1. The lowest BCUT2D eigenvalue weighted by Gasteiger charge is -2.13. The van der Waals surface area contributed by atoms with Gasteiger partial charge in [0.15, 0.2) is 0 Å². The van der Waals surface area contributed by atoms with E-state index in [0.717, 1.165) is 27.5 Å². The van der Waals surface area contributed by atoms with Crippen LogP contribution in [0.4, 0.5) is 5.69 Å². The fraction of sp³-hybridized carbons (Fsp3) is 0.400. The molecule has 0 bridgehead atoms. The second kappa shape index (κ2) is 6.14. The van der Waals surface area contributed by atoms with Gasteiger partial charge >= 0.3 is 0 Å². The number of halogens is 1. The third-order valence-electron chi connectivity index (χ3n) is 2.81. The summed E-state index contributed by atoms with van der Waals surface area (Å²) >= 11 is 5.23. The summed E-state index contributed by atoms with van der Waals surface area (Å²) < 4.78 is 6.38. The minimum absolute atomic E-state index is 0.108. The Morgan fingerprint density at radius 3 is 2.70 bits per heavy atom. The van der Waals surface area contributed by atoms with Gasteiger partial charge in [-0.1, -0.05) is 36.7 Å². The second-order valence-corrected chi connectivity index (χ2v) is 7.61.